The van der Waals surface area contributed by atoms with Crippen LogP contribution in [0.2, 0.25) is 0 Å². The van der Waals surface area contributed by atoms with Crippen molar-refractivity contribution in [3.8, 4) is 0 Å². The lowest BCUT2D eigenvalue weighted by Crippen LogP contribution is -2.12. The highest BCUT2D eigenvalue weighted by Gasteiger charge is 2.09. The lowest BCUT2D eigenvalue weighted by molar-refractivity contribution is 0.607. The van der Waals surface area contributed by atoms with E-state index < -0.39 is 10.0 Å². The van der Waals surface area contributed by atoms with Crippen LogP contribution in [0.25, 0.3) is 0 Å². The SMILES string of the molecule is Cc1cccc([C@H](C)Nc2ccc(C)c(NS(C)(=O)=O)c2)c1. The molecule has 0 saturated heterocycles. The molecule has 0 aliphatic rings. The number of benzene rings is 2. The van der Waals surface area contributed by atoms with Crippen molar-refractivity contribution in [2.24, 2.45) is 0 Å². The van der Waals surface area contributed by atoms with Crippen LogP contribution in [0.4, 0.5) is 11.4 Å². The third-order valence-electron chi connectivity index (χ3n) is 3.46. The Morgan fingerprint density at radius 3 is 2.41 bits per heavy atom. The van der Waals surface area contributed by atoms with Crippen molar-refractivity contribution in [3.05, 3.63) is 59.2 Å². The first-order valence-corrected chi connectivity index (χ1v) is 9.05. The fourth-order valence-electron chi connectivity index (χ4n) is 2.29. The van der Waals surface area contributed by atoms with Crippen molar-refractivity contribution in [1.29, 1.82) is 0 Å². The van der Waals surface area contributed by atoms with Crippen molar-refractivity contribution < 1.29 is 8.42 Å². The summed E-state index contributed by atoms with van der Waals surface area (Å²) in [6, 6.07) is 14.1. The Balaban J connectivity index is 2.21. The summed E-state index contributed by atoms with van der Waals surface area (Å²) >= 11 is 0. The van der Waals surface area contributed by atoms with Gasteiger partial charge in [-0.2, -0.15) is 0 Å². The minimum atomic E-state index is -3.28. The summed E-state index contributed by atoms with van der Waals surface area (Å²) < 4.78 is 25.4. The van der Waals surface area contributed by atoms with E-state index in [2.05, 4.69) is 42.1 Å². The second-order valence-electron chi connectivity index (χ2n) is 5.68. The standard InChI is InChI=1S/C17H22N2O2S/c1-12-6-5-7-15(10-12)14(3)18-16-9-8-13(2)17(11-16)19-22(4,20)21/h5-11,14,18-19H,1-4H3/t14-/m0/s1. The van der Waals surface area contributed by atoms with Gasteiger partial charge in [-0.3, -0.25) is 4.72 Å². The molecule has 2 N–H and O–H groups in total. The van der Waals surface area contributed by atoms with Gasteiger partial charge in [-0.1, -0.05) is 35.9 Å². The van der Waals surface area contributed by atoms with E-state index in [1.54, 1.807) is 0 Å². The van der Waals surface area contributed by atoms with Gasteiger partial charge in [0.1, 0.15) is 0 Å². The monoisotopic (exact) mass is 318 g/mol. The first kappa shape index (κ1) is 16.4. The molecular formula is C17H22N2O2S. The maximum atomic E-state index is 11.4. The van der Waals surface area contributed by atoms with Crippen molar-refractivity contribution in [2.45, 2.75) is 26.8 Å². The predicted molar refractivity (Wildman–Crippen MR) is 92.9 cm³/mol. The minimum Gasteiger partial charge on any atom is -0.378 e. The predicted octanol–water partition coefficient (Wildman–Crippen LogP) is 3.85. The van der Waals surface area contributed by atoms with Gasteiger partial charge < -0.3 is 5.32 Å². The summed E-state index contributed by atoms with van der Waals surface area (Å²) in [6.07, 6.45) is 1.15. The van der Waals surface area contributed by atoms with E-state index in [0.29, 0.717) is 5.69 Å². The quantitative estimate of drug-likeness (QED) is 0.880. The molecule has 0 amide bonds. The van der Waals surface area contributed by atoms with Gasteiger partial charge in [-0.05, 0) is 44.0 Å². The molecule has 0 bridgehead atoms. The number of sulfonamides is 1. The first-order chi connectivity index (χ1) is 10.2. The Kier molecular flexibility index (Phi) is 4.76. The molecule has 0 aliphatic carbocycles. The summed E-state index contributed by atoms with van der Waals surface area (Å²) in [5, 5.41) is 3.40. The highest BCUT2D eigenvalue weighted by atomic mass is 32.2. The van der Waals surface area contributed by atoms with Crippen LogP contribution in [-0.2, 0) is 10.0 Å². The highest BCUT2D eigenvalue weighted by Crippen LogP contribution is 2.25. The average Bonchev–Trinajstić information content (AvgIpc) is 2.41. The molecule has 0 aromatic heterocycles. The Labute approximate surface area is 132 Å². The van der Waals surface area contributed by atoms with Crippen LogP contribution < -0.4 is 10.0 Å². The van der Waals surface area contributed by atoms with E-state index in [-0.39, 0.29) is 6.04 Å². The zero-order valence-electron chi connectivity index (χ0n) is 13.3. The molecule has 2 rings (SSSR count). The van der Waals surface area contributed by atoms with Crippen LogP contribution in [0.1, 0.15) is 29.7 Å². The van der Waals surface area contributed by atoms with Crippen molar-refractivity contribution in [3.63, 3.8) is 0 Å². The van der Waals surface area contributed by atoms with Crippen molar-refractivity contribution >= 4 is 21.4 Å². The van der Waals surface area contributed by atoms with Gasteiger partial charge in [-0.25, -0.2) is 8.42 Å². The number of hydrogen-bond acceptors (Lipinski definition) is 3. The lowest BCUT2D eigenvalue weighted by atomic mass is 10.1. The minimum absolute atomic E-state index is 0.133. The maximum absolute atomic E-state index is 11.4. The van der Waals surface area contributed by atoms with Crippen molar-refractivity contribution in [2.75, 3.05) is 16.3 Å². The molecule has 0 aliphatic heterocycles. The van der Waals surface area contributed by atoms with Gasteiger partial charge in [0.05, 0.1) is 11.9 Å². The summed E-state index contributed by atoms with van der Waals surface area (Å²) in [5.41, 5.74) is 4.78. The molecule has 1 atom stereocenters. The number of rotatable bonds is 5. The summed E-state index contributed by atoms with van der Waals surface area (Å²) in [4.78, 5) is 0. The van der Waals surface area contributed by atoms with Crippen LogP contribution in [0.5, 0.6) is 0 Å². The fourth-order valence-corrected chi connectivity index (χ4v) is 2.91. The van der Waals surface area contributed by atoms with Crippen LogP contribution >= 0.6 is 0 Å². The fraction of sp³-hybridized carbons (Fsp3) is 0.294. The summed E-state index contributed by atoms with van der Waals surface area (Å²) in [7, 11) is -3.28. The van der Waals surface area contributed by atoms with Gasteiger partial charge in [0.25, 0.3) is 0 Å². The molecule has 0 unspecified atom stereocenters. The number of aryl methyl sites for hydroxylation is 2. The molecule has 0 fully saturated rings. The topological polar surface area (TPSA) is 58.2 Å². The van der Waals surface area contributed by atoms with E-state index in [4.69, 9.17) is 0 Å². The second-order valence-corrected chi connectivity index (χ2v) is 7.43. The van der Waals surface area contributed by atoms with Gasteiger partial charge >= 0.3 is 0 Å². The largest absolute Gasteiger partial charge is 0.378 e. The van der Waals surface area contributed by atoms with Crippen LogP contribution in [0.15, 0.2) is 42.5 Å². The molecule has 4 nitrogen and oxygen atoms in total. The molecule has 5 heteroatoms. The lowest BCUT2D eigenvalue weighted by Gasteiger charge is -2.18. The molecular weight excluding hydrogens is 296 g/mol. The zero-order valence-corrected chi connectivity index (χ0v) is 14.2. The van der Waals surface area contributed by atoms with E-state index in [0.717, 1.165) is 17.5 Å². The molecule has 0 radical (unpaired) electrons. The first-order valence-electron chi connectivity index (χ1n) is 7.16. The van der Waals surface area contributed by atoms with Crippen LogP contribution in [0, 0.1) is 13.8 Å². The number of nitrogens with one attached hydrogen (secondary N) is 2. The molecule has 0 saturated carbocycles. The Morgan fingerprint density at radius 2 is 1.77 bits per heavy atom. The molecule has 2 aromatic carbocycles. The Morgan fingerprint density at radius 1 is 1.05 bits per heavy atom. The maximum Gasteiger partial charge on any atom is 0.229 e. The summed E-state index contributed by atoms with van der Waals surface area (Å²) in [6.45, 7) is 6.02. The number of anilines is 2. The van der Waals surface area contributed by atoms with E-state index in [1.807, 2.05) is 31.2 Å². The van der Waals surface area contributed by atoms with Crippen LogP contribution in [0.3, 0.4) is 0 Å². The van der Waals surface area contributed by atoms with Gasteiger partial charge in [0.15, 0.2) is 0 Å². The van der Waals surface area contributed by atoms with E-state index in [9.17, 15) is 8.42 Å². The molecule has 0 spiro atoms. The molecule has 22 heavy (non-hydrogen) atoms. The second kappa shape index (κ2) is 6.40. The molecule has 2 aromatic rings. The smallest absolute Gasteiger partial charge is 0.229 e. The van der Waals surface area contributed by atoms with Gasteiger partial charge in [0.2, 0.25) is 10.0 Å². The zero-order chi connectivity index (χ0) is 16.3. The van der Waals surface area contributed by atoms with Gasteiger partial charge in [-0.15, -0.1) is 0 Å². The highest BCUT2D eigenvalue weighted by molar-refractivity contribution is 7.92. The van der Waals surface area contributed by atoms with Crippen LogP contribution in [-0.4, -0.2) is 14.7 Å². The number of hydrogen-bond donors (Lipinski definition) is 2. The average molecular weight is 318 g/mol. The summed E-state index contributed by atoms with van der Waals surface area (Å²) in [5.74, 6) is 0. The third kappa shape index (κ3) is 4.49. The van der Waals surface area contributed by atoms with E-state index in [1.165, 1.54) is 11.1 Å². The normalized spacial score (nSPS) is 12.7. The molecule has 0 heterocycles. The van der Waals surface area contributed by atoms with Crippen molar-refractivity contribution in [1.82, 2.24) is 0 Å². The third-order valence-corrected chi connectivity index (χ3v) is 4.05. The molecule has 118 valence electrons. The van der Waals surface area contributed by atoms with E-state index >= 15 is 0 Å². The van der Waals surface area contributed by atoms with Gasteiger partial charge in [0, 0.05) is 11.7 Å². The Bertz CT molecular complexity index is 770. The Hall–Kier alpha value is -2.01.